The summed E-state index contributed by atoms with van der Waals surface area (Å²) in [7, 11) is 0. The van der Waals surface area contributed by atoms with Crippen LogP contribution in [0.4, 0.5) is 4.79 Å². The van der Waals surface area contributed by atoms with Crippen LogP contribution in [0.2, 0.25) is 0 Å². The first kappa shape index (κ1) is 15.1. The molecule has 5 heteroatoms. The third-order valence-electron chi connectivity index (χ3n) is 3.75. The fraction of sp³-hybridized carbons (Fsp3) is 0.235. The van der Waals surface area contributed by atoms with Gasteiger partial charge >= 0.3 is 6.09 Å². The number of amides is 1. The molecule has 0 saturated heterocycles. The molecule has 4 nitrogen and oxygen atoms in total. The first-order valence-electron chi connectivity index (χ1n) is 7.04. The maximum absolute atomic E-state index is 12.4. The second-order valence-corrected chi connectivity index (χ2v) is 6.12. The normalized spacial score (nSPS) is 17.9. The maximum Gasteiger partial charge on any atom is 0.411 e. The zero-order valence-corrected chi connectivity index (χ0v) is 13.4. The van der Waals surface area contributed by atoms with E-state index in [9.17, 15) is 9.90 Å². The molecule has 0 fully saturated rings. The van der Waals surface area contributed by atoms with Gasteiger partial charge in [-0.3, -0.25) is 4.90 Å². The summed E-state index contributed by atoms with van der Waals surface area (Å²) < 4.78 is 5.38. The summed E-state index contributed by atoms with van der Waals surface area (Å²) in [4.78, 5) is 13.9. The molecule has 114 valence electrons. The molecule has 3 rings (SSSR count). The Labute approximate surface area is 137 Å². The lowest BCUT2D eigenvalue weighted by molar-refractivity contribution is 0.0629. The van der Waals surface area contributed by atoms with Gasteiger partial charge in [-0.2, -0.15) is 0 Å². The van der Waals surface area contributed by atoms with Crippen LogP contribution in [-0.2, 0) is 17.9 Å². The van der Waals surface area contributed by atoms with E-state index in [0.717, 1.165) is 16.7 Å². The van der Waals surface area contributed by atoms with Gasteiger partial charge in [0, 0.05) is 0 Å². The van der Waals surface area contributed by atoms with Crippen molar-refractivity contribution in [3.05, 3.63) is 71.3 Å². The Balaban J connectivity index is 1.73. The van der Waals surface area contributed by atoms with Crippen LogP contribution >= 0.6 is 15.9 Å². The lowest BCUT2D eigenvalue weighted by Gasteiger charge is -2.25. The quantitative estimate of drug-likeness (QED) is 0.849. The highest BCUT2D eigenvalue weighted by Gasteiger charge is 2.37. The van der Waals surface area contributed by atoms with Gasteiger partial charge in [0.1, 0.15) is 11.6 Å². The molecule has 0 spiro atoms. The van der Waals surface area contributed by atoms with Gasteiger partial charge in [0.15, 0.2) is 0 Å². The van der Waals surface area contributed by atoms with Crippen LogP contribution < -0.4 is 0 Å². The van der Waals surface area contributed by atoms with Crippen LogP contribution in [0.1, 0.15) is 22.7 Å². The molecule has 1 aliphatic rings. The predicted octanol–water partition coefficient (Wildman–Crippen LogP) is 3.59. The highest BCUT2D eigenvalue weighted by atomic mass is 79.9. The van der Waals surface area contributed by atoms with Crippen molar-refractivity contribution < 1.29 is 14.6 Å². The number of aliphatic hydroxyl groups is 1. The van der Waals surface area contributed by atoms with Gasteiger partial charge in [-0.25, -0.2) is 4.79 Å². The van der Waals surface area contributed by atoms with Crippen LogP contribution in [0.15, 0.2) is 54.6 Å². The van der Waals surface area contributed by atoms with Gasteiger partial charge in [0.25, 0.3) is 0 Å². The summed E-state index contributed by atoms with van der Waals surface area (Å²) in [6.45, 7) is 0.661. The van der Waals surface area contributed by atoms with Gasteiger partial charge in [-0.1, -0.05) is 70.5 Å². The van der Waals surface area contributed by atoms with Crippen LogP contribution in [-0.4, -0.2) is 21.1 Å². The molecule has 1 heterocycles. The monoisotopic (exact) mass is 361 g/mol. The zero-order chi connectivity index (χ0) is 15.5. The van der Waals surface area contributed by atoms with E-state index in [4.69, 9.17) is 4.74 Å². The fourth-order valence-corrected chi connectivity index (χ4v) is 3.26. The van der Waals surface area contributed by atoms with E-state index in [-0.39, 0.29) is 6.61 Å². The average molecular weight is 362 g/mol. The molecule has 0 radical (unpaired) electrons. The van der Waals surface area contributed by atoms with E-state index in [2.05, 4.69) is 15.9 Å². The minimum atomic E-state index is -0.833. The highest BCUT2D eigenvalue weighted by Crippen LogP contribution is 2.38. The summed E-state index contributed by atoms with van der Waals surface area (Å²) in [6, 6.07) is 16.8. The molecule has 0 aromatic heterocycles. The minimum absolute atomic E-state index is 0.220. The van der Waals surface area contributed by atoms with Gasteiger partial charge in [-0.15, -0.1) is 0 Å². The Morgan fingerprint density at radius 3 is 2.64 bits per heavy atom. The van der Waals surface area contributed by atoms with Crippen LogP contribution in [0.3, 0.4) is 0 Å². The first-order valence-corrected chi connectivity index (χ1v) is 7.95. The second kappa shape index (κ2) is 6.50. The number of fused-ring (bicyclic) bond motifs is 1. The molecular weight excluding hydrogens is 346 g/mol. The molecule has 2 aromatic carbocycles. The molecule has 22 heavy (non-hydrogen) atoms. The standard InChI is InChI=1S/C17H16BrNO3/c18-16(20)15-14-9-5-4-8-13(14)10-19(15)17(21)22-11-12-6-2-1-3-7-12/h1-9,15-16,20H,10-11H2. The number of rotatable bonds is 3. The number of carbonyl (C=O) groups excluding carboxylic acids is 1. The summed E-state index contributed by atoms with van der Waals surface area (Å²) in [6.07, 6.45) is -0.427. The van der Waals surface area contributed by atoms with Crippen molar-refractivity contribution in [1.29, 1.82) is 0 Å². The number of aliphatic hydroxyl groups excluding tert-OH is 1. The molecular formula is C17H16BrNO3. The Kier molecular flexibility index (Phi) is 4.45. The SMILES string of the molecule is O=C(OCc1ccccc1)N1Cc2ccccc2C1C(O)Br. The van der Waals surface area contributed by atoms with E-state index in [1.54, 1.807) is 4.90 Å². The number of hydrogen-bond acceptors (Lipinski definition) is 3. The molecule has 2 atom stereocenters. The lowest BCUT2D eigenvalue weighted by atomic mass is 10.1. The lowest BCUT2D eigenvalue weighted by Crippen LogP contribution is -2.34. The average Bonchev–Trinajstić information content (AvgIpc) is 2.93. The largest absolute Gasteiger partial charge is 0.445 e. The molecule has 2 aromatic rings. The molecule has 1 aliphatic heterocycles. The Morgan fingerprint density at radius 2 is 1.91 bits per heavy atom. The van der Waals surface area contributed by atoms with Crippen molar-refractivity contribution in [2.24, 2.45) is 0 Å². The van der Waals surface area contributed by atoms with Crippen LogP contribution in [0.5, 0.6) is 0 Å². The molecule has 1 amide bonds. The number of carbonyl (C=O) groups is 1. The van der Waals surface area contributed by atoms with Crippen molar-refractivity contribution in [1.82, 2.24) is 4.90 Å². The maximum atomic E-state index is 12.4. The van der Waals surface area contributed by atoms with Gasteiger partial charge in [0.2, 0.25) is 0 Å². The van der Waals surface area contributed by atoms with Crippen LogP contribution in [0, 0.1) is 0 Å². The fourth-order valence-electron chi connectivity index (χ4n) is 2.69. The number of alkyl halides is 1. The van der Waals surface area contributed by atoms with E-state index < -0.39 is 17.1 Å². The molecule has 1 N–H and O–H groups in total. The summed E-state index contributed by atoms with van der Waals surface area (Å²) >= 11 is 3.18. The second-order valence-electron chi connectivity index (χ2n) is 5.18. The predicted molar refractivity (Wildman–Crippen MR) is 86.3 cm³/mol. The Hall–Kier alpha value is -1.85. The number of hydrogen-bond donors (Lipinski definition) is 1. The van der Waals surface area contributed by atoms with Crippen molar-refractivity contribution in [3.8, 4) is 0 Å². The molecule has 0 saturated carbocycles. The number of nitrogens with zero attached hydrogens (tertiary/aromatic N) is 1. The zero-order valence-electron chi connectivity index (χ0n) is 11.9. The van der Waals surface area contributed by atoms with E-state index in [0.29, 0.717) is 6.54 Å². The third kappa shape index (κ3) is 3.00. The van der Waals surface area contributed by atoms with Gasteiger partial charge in [0.05, 0.1) is 12.6 Å². The summed E-state index contributed by atoms with van der Waals surface area (Å²) in [5, 5.41) is 9.14. The molecule has 0 bridgehead atoms. The minimum Gasteiger partial charge on any atom is -0.445 e. The number of ether oxygens (including phenoxy) is 1. The first-order chi connectivity index (χ1) is 10.7. The Morgan fingerprint density at radius 1 is 1.23 bits per heavy atom. The van der Waals surface area contributed by atoms with Gasteiger partial charge < -0.3 is 9.84 Å². The summed E-state index contributed by atoms with van der Waals surface area (Å²) in [5.41, 5.74) is 2.91. The summed E-state index contributed by atoms with van der Waals surface area (Å²) in [5.74, 6) is 0. The van der Waals surface area contributed by atoms with E-state index >= 15 is 0 Å². The topological polar surface area (TPSA) is 49.8 Å². The van der Waals surface area contributed by atoms with E-state index in [1.165, 1.54) is 0 Å². The number of benzene rings is 2. The van der Waals surface area contributed by atoms with Crippen molar-refractivity contribution >= 4 is 22.0 Å². The van der Waals surface area contributed by atoms with Crippen LogP contribution in [0.25, 0.3) is 0 Å². The van der Waals surface area contributed by atoms with E-state index in [1.807, 2.05) is 54.6 Å². The van der Waals surface area contributed by atoms with Crippen molar-refractivity contribution in [2.45, 2.75) is 24.2 Å². The number of halogens is 1. The Bertz CT molecular complexity index is 660. The highest BCUT2D eigenvalue weighted by molar-refractivity contribution is 9.09. The molecule has 0 aliphatic carbocycles. The third-order valence-corrected chi connectivity index (χ3v) is 4.25. The molecule has 2 unspecified atom stereocenters. The van der Waals surface area contributed by atoms with Crippen molar-refractivity contribution in [2.75, 3.05) is 0 Å². The van der Waals surface area contributed by atoms with Gasteiger partial charge in [-0.05, 0) is 16.7 Å². The van der Waals surface area contributed by atoms with Crippen molar-refractivity contribution in [3.63, 3.8) is 0 Å². The smallest absolute Gasteiger partial charge is 0.411 e.